The third-order valence-electron chi connectivity index (χ3n) is 5.24. The number of Topliss-reactive ketones (excluding diaryl/α,β-unsaturated/α-hetero) is 1. The number of aromatic nitrogens is 1. The summed E-state index contributed by atoms with van der Waals surface area (Å²) in [6, 6.07) is 9.76. The highest BCUT2D eigenvalue weighted by Gasteiger charge is 2.18. The number of carbonyl (C=O) groups excluding carboxylic acids is 2. The van der Waals surface area contributed by atoms with Gasteiger partial charge in [-0.25, -0.2) is 13.2 Å². The second kappa shape index (κ2) is 11.8. The van der Waals surface area contributed by atoms with Crippen LogP contribution < -0.4 is 15.6 Å². The molecule has 1 amide bonds. The van der Waals surface area contributed by atoms with Crippen LogP contribution in [0.4, 0.5) is 18.9 Å². The molecule has 2 heterocycles. The molecular weight excluding hydrogens is 481 g/mol. The Kier molecular flexibility index (Phi) is 8.61. The first-order valence-electron chi connectivity index (χ1n) is 10.7. The Bertz CT molecular complexity index is 1330. The van der Waals surface area contributed by atoms with Gasteiger partial charge in [-0.2, -0.15) is 0 Å². The number of ether oxygens (including phenoxy) is 1. The van der Waals surface area contributed by atoms with Crippen LogP contribution in [0.1, 0.15) is 34.3 Å². The number of carbonyl (C=O) groups is 3. The van der Waals surface area contributed by atoms with Crippen molar-refractivity contribution in [3.05, 3.63) is 93.2 Å². The predicted molar refractivity (Wildman–Crippen MR) is 123 cm³/mol. The van der Waals surface area contributed by atoms with Crippen LogP contribution in [0.2, 0.25) is 0 Å². The van der Waals surface area contributed by atoms with Gasteiger partial charge in [-0.3, -0.25) is 19.2 Å². The summed E-state index contributed by atoms with van der Waals surface area (Å²) in [5.41, 5.74) is 0.995. The van der Waals surface area contributed by atoms with Crippen molar-refractivity contribution in [3.8, 4) is 5.75 Å². The molecule has 2 aromatic carbocycles. The highest BCUT2D eigenvalue weighted by Crippen LogP contribution is 2.27. The van der Waals surface area contributed by atoms with Crippen molar-refractivity contribution in [1.29, 1.82) is 0 Å². The van der Waals surface area contributed by atoms with Crippen LogP contribution in [-0.4, -0.2) is 34.4 Å². The lowest BCUT2D eigenvalue weighted by molar-refractivity contribution is -0.123. The van der Waals surface area contributed by atoms with Gasteiger partial charge >= 0.3 is 0 Å². The van der Waals surface area contributed by atoms with E-state index in [0.29, 0.717) is 24.3 Å². The van der Waals surface area contributed by atoms with Crippen molar-refractivity contribution in [3.63, 3.8) is 0 Å². The van der Waals surface area contributed by atoms with Crippen LogP contribution in [0.25, 0.3) is 0 Å². The Balaban J connectivity index is 0.00000115. The molecular formula is C25H21F3N2O6. The summed E-state index contributed by atoms with van der Waals surface area (Å²) in [7, 11) is 0. The van der Waals surface area contributed by atoms with Crippen molar-refractivity contribution in [2.45, 2.75) is 25.8 Å². The fraction of sp³-hybridized carbons (Fsp3) is 0.200. The van der Waals surface area contributed by atoms with Gasteiger partial charge in [0.25, 0.3) is 12.0 Å². The number of carboxylic acid groups (broad SMARTS) is 1. The van der Waals surface area contributed by atoms with E-state index >= 15 is 0 Å². The molecule has 3 aromatic rings. The molecule has 0 radical (unpaired) electrons. The maximum absolute atomic E-state index is 13.4. The number of anilines is 1. The maximum Gasteiger partial charge on any atom is 0.290 e. The van der Waals surface area contributed by atoms with E-state index < -0.39 is 28.8 Å². The summed E-state index contributed by atoms with van der Waals surface area (Å²) in [4.78, 5) is 45.0. The number of pyridine rings is 1. The molecule has 2 N–H and O–H groups in total. The monoisotopic (exact) mass is 502 g/mol. The van der Waals surface area contributed by atoms with Gasteiger partial charge < -0.3 is 19.7 Å². The topological polar surface area (TPSA) is 115 Å². The zero-order chi connectivity index (χ0) is 26.2. The molecule has 0 atom stereocenters. The zero-order valence-electron chi connectivity index (χ0n) is 18.8. The summed E-state index contributed by atoms with van der Waals surface area (Å²) in [5, 5.41) is 9.62. The molecule has 11 heteroatoms. The van der Waals surface area contributed by atoms with Crippen LogP contribution in [0, 0.1) is 17.5 Å². The fourth-order valence-electron chi connectivity index (χ4n) is 3.61. The van der Waals surface area contributed by atoms with Gasteiger partial charge in [0.15, 0.2) is 23.2 Å². The second-order valence-corrected chi connectivity index (χ2v) is 7.75. The van der Waals surface area contributed by atoms with Crippen molar-refractivity contribution in [2.75, 3.05) is 11.9 Å². The molecule has 188 valence electrons. The standard InChI is InChI=1S/C24H19F3N2O4.CH2O2/c25-18-9-14(10-19(26)23(18)27)13-29-7-1-3-17(24(29)32)21(30)4-2-8-33-16-6-5-15-11-22(31)28-20(15)12-16;2-1-3/h1,3,5-7,9-10,12H,2,4,8,11,13H2,(H,28,31);1H,(H,2,3). The molecule has 0 spiro atoms. The molecule has 0 bridgehead atoms. The SMILES string of the molecule is O=C1Cc2ccc(OCCCC(=O)c3cccn(Cc4cc(F)c(F)c(F)c4)c3=O)cc2N1.O=CO. The predicted octanol–water partition coefficient (Wildman–Crippen LogP) is 3.55. The quantitative estimate of drug-likeness (QED) is 0.211. The first-order valence-corrected chi connectivity index (χ1v) is 10.7. The zero-order valence-corrected chi connectivity index (χ0v) is 18.8. The van der Waals surface area contributed by atoms with Gasteiger partial charge in [0.1, 0.15) is 5.75 Å². The summed E-state index contributed by atoms with van der Waals surface area (Å²) < 4.78 is 46.8. The largest absolute Gasteiger partial charge is 0.494 e. The van der Waals surface area contributed by atoms with Gasteiger partial charge in [0.05, 0.1) is 25.1 Å². The Hall–Kier alpha value is -4.41. The third kappa shape index (κ3) is 6.38. The molecule has 4 rings (SSSR count). The molecule has 36 heavy (non-hydrogen) atoms. The number of fused-ring (bicyclic) bond motifs is 1. The average Bonchev–Trinajstić information content (AvgIpc) is 3.21. The van der Waals surface area contributed by atoms with Crippen LogP contribution in [0.15, 0.2) is 53.5 Å². The number of rotatable bonds is 8. The third-order valence-corrected chi connectivity index (χ3v) is 5.24. The van der Waals surface area contributed by atoms with E-state index in [9.17, 15) is 27.6 Å². The number of hydrogen-bond acceptors (Lipinski definition) is 5. The van der Waals surface area contributed by atoms with Gasteiger partial charge in [-0.1, -0.05) is 6.07 Å². The number of nitrogens with one attached hydrogen (secondary N) is 1. The van der Waals surface area contributed by atoms with Crippen molar-refractivity contribution >= 4 is 23.9 Å². The summed E-state index contributed by atoms with van der Waals surface area (Å²) in [5.74, 6) is -4.19. The minimum absolute atomic E-state index is 0.0528. The first-order chi connectivity index (χ1) is 17.2. The highest BCUT2D eigenvalue weighted by molar-refractivity contribution is 5.99. The average molecular weight is 502 g/mol. The van der Waals surface area contributed by atoms with E-state index in [1.165, 1.54) is 18.3 Å². The molecule has 0 aliphatic carbocycles. The lowest BCUT2D eigenvalue weighted by Crippen LogP contribution is -2.26. The van der Waals surface area contributed by atoms with Gasteiger partial charge in [0, 0.05) is 24.4 Å². The van der Waals surface area contributed by atoms with Crippen molar-refractivity contribution in [1.82, 2.24) is 4.57 Å². The van der Waals surface area contributed by atoms with E-state index in [4.69, 9.17) is 14.6 Å². The van der Waals surface area contributed by atoms with Crippen LogP contribution in [0.3, 0.4) is 0 Å². The van der Waals surface area contributed by atoms with E-state index in [1.807, 2.05) is 0 Å². The summed E-state index contributed by atoms with van der Waals surface area (Å²) in [6.45, 7) is -0.236. The first kappa shape index (κ1) is 26.2. The smallest absolute Gasteiger partial charge is 0.290 e. The Labute approximate surface area is 202 Å². The minimum Gasteiger partial charge on any atom is -0.494 e. The lowest BCUT2D eigenvalue weighted by atomic mass is 10.1. The fourth-order valence-corrected chi connectivity index (χ4v) is 3.61. The molecule has 0 saturated carbocycles. The Morgan fingerprint density at radius 2 is 1.81 bits per heavy atom. The van der Waals surface area contributed by atoms with Crippen LogP contribution in [0.5, 0.6) is 5.75 Å². The normalized spacial score (nSPS) is 11.7. The van der Waals surface area contributed by atoms with Gasteiger partial charge in [0.2, 0.25) is 5.91 Å². The molecule has 0 saturated heterocycles. The number of halogens is 3. The van der Waals surface area contributed by atoms with Crippen LogP contribution >= 0.6 is 0 Å². The Morgan fingerprint density at radius 3 is 2.50 bits per heavy atom. The van der Waals surface area contributed by atoms with Gasteiger partial charge in [-0.15, -0.1) is 0 Å². The van der Waals surface area contributed by atoms with E-state index in [-0.39, 0.29) is 43.1 Å². The lowest BCUT2D eigenvalue weighted by Gasteiger charge is -2.10. The number of nitrogens with zero attached hydrogens (tertiary/aromatic N) is 1. The van der Waals surface area contributed by atoms with Crippen molar-refractivity contribution < 1.29 is 37.4 Å². The molecule has 0 unspecified atom stereocenters. The van der Waals surface area contributed by atoms with E-state index in [1.54, 1.807) is 18.2 Å². The molecule has 1 aromatic heterocycles. The number of benzene rings is 2. The number of amides is 1. The molecule has 8 nitrogen and oxygen atoms in total. The second-order valence-electron chi connectivity index (χ2n) is 7.75. The maximum atomic E-state index is 13.4. The summed E-state index contributed by atoms with van der Waals surface area (Å²) >= 11 is 0. The molecule has 1 aliphatic rings. The van der Waals surface area contributed by atoms with Gasteiger partial charge in [-0.05, 0) is 47.9 Å². The Morgan fingerprint density at radius 1 is 1.11 bits per heavy atom. The molecule has 1 aliphatic heterocycles. The minimum atomic E-state index is -1.58. The van der Waals surface area contributed by atoms with Crippen LogP contribution in [-0.2, 0) is 22.6 Å². The summed E-state index contributed by atoms with van der Waals surface area (Å²) in [6.07, 6.45) is 2.13. The van der Waals surface area contributed by atoms with E-state index in [0.717, 1.165) is 22.3 Å². The van der Waals surface area contributed by atoms with E-state index in [2.05, 4.69) is 5.32 Å². The molecule has 0 fully saturated rings. The number of hydrogen-bond donors (Lipinski definition) is 2. The number of ketones is 1. The van der Waals surface area contributed by atoms with Crippen molar-refractivity contribution in [2.24, 2.45) is 0 Å². The highest BCUT2D eigenvalue weighted by atomic mass is 19.2.